The zero-order chi connectivity index (χ0) is 13.4. The van der Waals surface area contributed by atoms with Crippen LogP contribution in [0.3, 0.4) is 0 Å². The third kappa shape index (κ3) is 5.40. The Bertz CT molecular complexity index is 324. The molecule has 0 fully saturated rings. The first-order valence-corrected chi connectivity index (χ1v) is 7.99. The molecule has 0 aliphatic carbocycles. The van der Waals surface area contributed by atoms with Crippen molar-refractivity contribution in [3.63, 3.8) is 0 Å². The van der Waals surface area contributed by atoms with E-state index in [4.69, 9.17) is 0 Å². The van der Waals surface area contributed by atoms with Crippen LogP contribution in [-0.2, 0) is 0 Å². The van der Waals surface area contributed by atoms with Gasteiger partial charge in [0.15, 0.2) is 0 Å². The number of hydrogen-bond acceptors (Lipinski definition) is 3. The van der Waals surface area contributed by atoms with Crippen molar-refractivity contribution in [2.24, 2.45) is 0 Å². The minimum Gasteiger partial charge on any atom is -0.309 e. The van der Waals surface area contributed by atoms with E-state index in [-0.39, 0.29) is 0 Å². The topological polar surface area (TPSA) is 24.9 Å². The van der Waals surface area contributed by atoms with Crippen molar-refractivity contribution in [2.75, 3.05) is 12.3 Å². The van der Waals surface area contributed by atoms with Crippen LogP contribution in [0.4, 0.5) is 0 Å². The van der Waals surface area contributed by atoms with Crippen molar-refractivity contribution < 1.29 is 0 Å². The number of aromatic nitrogens is 1. The predicted octanol–water partition coefficient (Wildman–Crippen LogP) is 3.96. The molecule has 0 amide bonds. The third-order valence-corrected chi connectivity index (χ3v) is 4.53. The molecule has 0 aliphatic heterocycles. The molecule has 18 heavy (non-hydrogen) atoms. The van der Waals surface area contributed by atoms with E-state index in [1.807, 2.05) is 24.9 Å². The molecule has 0 saturated carbocycles. The molecule has 102 valence electrons. The summed E-state index contributed by atoms with van der Waals surface area (Å²) in [6.07, 6.45) is 4.42. The van der Waals surface area contributed by atoms with E-state index in [1.54, 1.807) is 0 Å². The maximum absolute atomic E-state index is 4.41. The van der Waals surface area contributed by atoms with Gasteiger partial charge in [-0.25, -0.2) is 0 Å². The van der Waals surface area contributed by atoms with Crippen LogP contribution in [0.2, 0.25) is 0 Å². The van der Waals surface area contributed by atoms with Gasteiger partial charge < -0.3 is 5.32 Å². The molecule has 0 bridgehead atoms. The van der Waals surface area contributed by atoms with Crippen LogP contribution in [0.5, 0.6) is 0 Å². The summed E-state index contributed by atoms with van der Waals surface area (Å²) in [6.45, 7) is 9.86. The molecule has 1 rings (SSSR count). The fourth-order valence-corrected chi connectivity index (χ4v) is 2.72. The van der Waals surface area contributed by atoms with Crippen molar-refractivity contribution in [1.29, 1.82) is 0 Å². The highest BCUT2D eigenvalue weighted by Crippen LogP contribution is 2.22. The van der Waals surface area contributed by atoms with Crippen LogP contribution in [0, 0.1) is 6.92 Å². The number of hydrogen-bond donors (Lipinski definition) is 1. The van der Waals surface area contributed by atoms with Crippen LogP contribution < -0.4 is 5.32 Å². The van der Waals surface area contributed by atoms with Crippen LogP contribution >= 0.6 is 11.8 Å². The highest BCUT2D eigenvalue weighted by Gasteiger charge is 2.12. The Kier molecular flexibility index (Phi) is 7.36. The summed E-state index contributed by atoms with van der Waals surface area (Å²) < 4.78 is 0. The first-order valence-electron chi connectivity index (χ1n) is 6.94. The van der Waals surface area contributed by atoms with E-state index < -0.39 is 0 Å². The molecule has 0 spiro atoms. The van der Waals surface area contributed by atoms with Gasteiger partial charge in [0.25, 0.3) is 0 Å². The molecule has 0 radical (unpaired) electrons. The van der Waals surface area contributed by atoms with Crippen LogP contribution in [0.1, 0.15) is 50.9 Å². The van der Waals surface area contributed by atoms with Crippen molar-refractivity contribution in [3.8, 4) is 0 Å². The van der Waals surface area contributed by atoms with Gasteiger partial charge in [0.1, 0.15) is 0 Å². The molecular weight excluding hydrogens is 240 g/mol. The second kappa shape index (κ2) is 8.54. The summed E-state index contributed by atoms with van der Waals surface area (Å²) in [6, 6.07) is 4.73. The van der Waals surface area contributed by atoms with Gasteiger partial charge in [-0.3, -0.25) is 4.98 Å². The normalized spacial score (nSPS) is 14.4. The summed E-state index contributed by atoms with van der Waals surface area (Å²) in [5.74, 6) is 1.12. The van der Waals surface area contributed by atoms with E-state index in [0.717, 1.165) is 23.2 Å². The minimum atomic E-state index is 0.428. The first kappa shape index (κ1) is 15.5. The summed E-state index contributed by atoms with van der Waals surface area (Å²) in [4.78, 5) is 4.41. The first-order chi connectivity index (χ1) is 8.67. The van der Waals surface area contributed by atoms with Gasteiger partial charge in [-0.2, -0.15) is 11.8 Å². The number of thioether (sulfide) groups is 1. The maximum Gasteiger partial charge on any atom is 0.0427 e. The number of aryl methyl sites for hydroxylation is 1. The molecule has 3 heteroatoms. The van der Waals surface area contributed by atoms with Crippen LogP contribution in [0.15, 0.2) is 18.3 Å². The molecule has 0 aliphatic rings. The molecule has 1 heterocycles. The van der Waals surface area contributed by atoms with E-state index in [2.05, 4.69) is 43.2 Å². The zero-order valence-corrected chi connectivity index (χ0v) is 12.9. The van der Waals surface area contributed by atoms with Crippen LogP contribution in [0.25, 0.3) is 0 Å². The lowest BCUT2D eigenvalue weighted by Crippen LogP contribution is -2.25. The number of nitrogens with zero attached hydrogens (tertiary/aromatic N) is 1. The van der Waals surface area contributed by atoms with E-state index >= 15 is 0 Å². The predicted molar refractivity (Wildman–Crippen MR) is 82.2 cm³/mol. The molecule has 1 N–H and O–H groups in total. The summed E-state index contributed by atoms with van der Waals surface area (Å²) in [5, 5.41) is 4.35. The Morgan fingerprint density at radius 2 is 2.11 bits per heavy atom. The lowest BCUT2D eigenvalue weighted by atomic mass is 10.1. The van der Waals surface area contributed by atoms with Gasteiger partial charge in [0, 0.05) is 28.9 Å². The Hall–Kier alpha value is -0.540. The van der Waals surface area contributed by atoms with Gasteiger partial charge in [-0.05, 0) is 37.9 Å². The zero-order valence-electron chi connectivity index (χ0n) is 12.1. The standard InChI is InChI=1S/C15H26N2S/c1-5-9-16-15(11-18-13(4)6-2)14-8-7-12(3)17-10-14/h7-8,10,13,15-16H,5-6,9,11H2,1-4H3. The summed E-state index contributed by atoms with van der Waals surface area (Å²) >= 11 is 2.04. The summed E-state index contributed by atoms with van der Waals surface area (Å²) in [5.41, 5.74) is 2.40. The largest absolute Gasteiger partial charge is 0.309 e. The highest BCUT2D eigenvalue weighted by atomic mass is 32.2. The fourth-order valence-electron chi connectivity index (χ4n) is 1.66. The monoisotopic (exact) mass is 266 g/mol. The molecule has 1 aromatic rings. The quantitative estimate of drug-likeness (QED) is 0.771. The van der Waals surface area contributed by atoms with Crippen molar-refractivity contribution in [3.05, 3.63) is 29.6 Å². The Morgan fingerprint density at radius 3 is 2.67 bits per heavy atom. The molecule has 2 atom stereocenters. The second-order valence-electron chi connectivity index (χ2n) is 4.79. The Labute approximate surface area is 116 Å². The average Bonchev–Trinajstić information content (AvgIpc) is 2.40. The smallest absolute Gasteiger partial charge is 0.0427 e. The second-order valence-corrected chi connectivity index (χ2v) is 6.26. The number of nitrogens with one attached hydrogen (secondary N) is 1. The molecule has 2 nitrogen and oxygen atoms in total. The highest BCUT2D eigenvalue weighted by molar-refractivity contribution is 7.99. The van der Waals surface area contributed by atoms with Gasteiger partial charge in [-0.1, -0.05) is 26.8 Å². The molecule has 0 aromatic carbocycles. The van der Waals surface area contributed by atoms with Crippen molar-refractivity contribution in [1.82, 2.24) is 10.3 Å². The fraction of sp³-hybridized carbons (Fsp3) is 0.667. The van der Waals surface area contributed by atoms with E-state index in [0.29, 0.717) is 6.04 Å². The van der Waals surface area contributed by atoms with E-state index in [9.17, 15) is 0 Å². The van der Waals surface area contributed by atoms with Crippen molar-refractivity contribution in [2.45, 2.75) is 51.8 Å². The van der Waals surface area contributed by atoms with Gasteiger partial charge >= 0.3 is 0 Å². The maximum atomic E-state index is 4.41. The summed E-state index contributed by atoms with van der Waals surface area (Å²) in [7, 11) is 0. The average molecular weight is 266 g/mol. The SMILES string of the molecule is CCCNC(CSC(C)CC)c1ccc(C)nc1. The molecule has 1 aromatic heterocycles. The lowest BCUT2D eigenvalue weighted by Gasteiger charge is -2.20. The minimum absolute atomic E-state index is 0.428. The van der Waals surface area contributed by atoms with Crippen LogP contribution in [-0.4, -0.2) is 22.5 Å². The third-order valence-electron chi connectivity index (χ3n) is 3.10. The molecule has 0 saturated heterocycles. The Balaban J connectivity index is 2.62. The van der Waals surface area contributed by atoms with Gasteiger partial charge in [0.2, 0.25) is 0 Å². The number of rotatable bonds is 8. The lowest BCUT2D eigenvalue weighted by molar-refractivity contribution is 0.575. The van der Waals surface area contributed by atoms with E-state index in [1.165, 1.54) is 18.4 Å². The molecule has 2 unspecified atom stereocenters. The van der Waals surface area contributed by atoms with Crippen molar-refractivity contribution >= 4 is 11.8 Å². The molecular formula is C15H26N2S. The van der Waals surface area contributed by atoms with Gasteiger partial charge in [0.05, 0.1) is 0 Å². The Morgan fingerprint density at radius 1 is 1.33 bits per heavy atom. The number of pyridine rings is 1. The van der Waals surface area contributed by atoms with Gasteiger partial charge in [-0.15, -0.1) is 0 Å².